The van der Waals surface area contributed by atoms with Gasteiger partial charge < -0.3 is 4.74 Å². The molecule has 2 rings (SSSR count). The second-order valence-electron chi connectivity index (χ2n) is 4.10. The van der Waals surface area contributed by atoms with Gasteiger partial charge in [0.25, 0.3) is 0 Å². The van der Waals surface area contributed by atoms with Crippen molar-refractivity contribution in [3.05, 3.63) is 29.8 Å². The van der Waals surface area contributed by atoms with Gasteiger partial charge in [0.1, 0.15) is 5.75 Å². The Kier molecular flexibility index (Phi) is 3.28. The Morgan fingerprint density at radius 3 is 2.56 bits per heavy atom. The van der Waals surface area contributed by atoms with Gasteiger partial charge in [-0.15, -0.1) is 0 Å². The molecule has 0 N–H and O–H groups in total. The number of halogens is 4. The molecule has 98 valence electrons. The summed E-state index contributed by atoms with van der Waals surface area (Å²) in [6.07, 6.45) is -2.25. The molecule has 1 aromatic carbocycles. The lowest BCUT2D eigenvalue weighted by Gasteiger charge is -2.14. The normalized spacial score (nSPS) is 15.8. The SMILES string of the molecule is O=C(c1cccc(OC2CC2)c1)C(F)(F)C(F)F. The average molecular weight is 262 g/mol. The molecule has 1 aliphatic rings. The Morgan fingerprint density at radius 2 is 2.00 bits per heavy atom. The van der Waals surface area contributed by atoms with Crippen molar-refractivity contribution in [2.45, 2.75) is 31.3 Å². The minimum Gasteiger partial charge on any atom is -0.490 e. The van der Waals surface area contributed by atoms with Crippen LogP contribution in [0.3, 0.4) is 0 Å². The highest BCUT2D eigenvalue weighted by Gasteiger charge is 2.49. The van der Waals surface area contributed by atoms with Crippen molar-refractivity contribution >= 4 is 5.78 Å². The van der Waals surface area contributed by atoms with Gasteiger partial charge in [0.2, 0.25) is 5.78 Å². The number of carbonyl (C=O) groups is 1. The number of ether oxygens (including phenoxy) is 1. The molecule has 18 heavy (non-hydrogen) atoms. The average Bonchev–Trinajstić information content (AvgIpc) is 3.12. The van der Waals surface area contributed by atoms with E-state index in [0.29, 0.717) is 0 Å². The molecule has 0 amide bonds. The zero-order chi connectivity index (χ0) is 13.3. The summed E-state index contributed by atoms with van der Waals surface area (Å²) < 4.78 is 55.2. The van der Waals surface area contributed by atoms with Crippen LogP contribution in [0.4, 0.5) is 17.6 Å². The van der Waals surface area contributed by atoms with Crippen LogP contribution in [0.15, 0.2) is 24.3 Å². The van der Waals surface area contributed by atoms with E-state index < -0.39 is 23.7 Å². The molecule has 0 unspecified atom stereocenters. The summed E-state index contributed by atoms with van der Waals surface area (Å²) in [5.74, 6) is -6.31. The summed E-state index contributed by atoms with van der Waals surface area (Å²) in [5, 5.41) is 0. The second kappa shape index (κ2) is 4.59. The van der Waals surface area contributed by atoms with E-state index in [1.807, 2.05) is 0 Å². The van der Waals surface area contributed by atoms with E-state index in [-0.39, 0.29) is 11.9 Å². The summed E-state index contributed by atoms with van der Waals surface area (Å²) in [6.45, 7) is 0. The van der Waals surface area contributed by atoms with E-state index in [0.717, 1.165) is 25.0 Å². The number of carbonyl (C=O) groups excluding carboxylic acids is 1. The maximum Gasteiger partial charge on any atom is 0.368 e. The molecule has 0 radical (unpaired) electrons. The van der Waals surface area contributed by atoms with Crippen molar-refractivity contribution < 1.29 is 27.1 Å². The molecule has 0 aromatic heterocycles. The van der Waals surface area contributed by atoms with Crippen LogP contribution in [0.1, 0.15) is 23.2 Å². The third-order valence-electron chi connectivity index (χ3n) is 2.50. The van der Waals surface area contributed by atoms with Gasteiger partial charge in [0, 0.05) is 5.56 Å². The first kappa shape index (κ1) is 12.9. The molecule has 0 heterocycles. The molecule has 1 aliphatic carbocycles. The smallest absolute Gasteiger partial charge is 0.368 e. The Hall–Kier alpha value is -1.59. The van der Waals surface area contributed by atoms with Gasteiger partial charge in [0.15, 0.2) is 0 Å². The molecule has 0 aliphatic heterocycles. The van der Waals surface area contributed by atoms with Gasteiger partial charge in [-0.3, -0.25) is 4.79 Å². The Morgan fingerprint density at radius 1 is 1.33 bits per heavy atom. The van der Waals surface area contributed by atoms with Gasteiger partial charge in [-0.2, -0.15) is 8.78 Å². The first-order valence-electron chi connectivity index (χ1n) is 5.38. The Balaban J connectivity index is 2.19. The van der Waals surface area contributed by atoms with E-state index in [4.69, 9.17) is 4.74 Å². The summed E-state index contributed by atoms with van der Waals surface area (Å²) in [6, 6.07) is 4.96. The van der Waals surface area contributed by atoms with Crippen LogP contribution in [-0.4, -0.2) is 24.2 Å². The van der Waals surface area contributed by atoms with Crippen molar-refractivity contribution in [1.29, 1.82) is 0 Å². The molecule has 0 saturated heterocycles. The van der Waals surface area contributed by atoms with Crippen LogP contribution >= 0.6 is 0 Å². The van der Waals surface area contributed by atoms with Gasteiger partial charge in [-0.1, -0.05) is 12.1 Å². The van der Waals surface area contributed by atoms with E-state index in [1.54, 1.807) is 0 Å². The highest BCUT2D eigenvalue weighted by molar-refractivity contribution is 6.01. The number of ketones is 1. The van der Waals surface area contributed by atoms with Crippen molar-refractivity contribution in [3.8, 4) is 5.75 Å². The van der Waals surface area contributed by atoms with Crippen molar-refractivity contribution in [1.82, 2.24) is 0 Å². The number of rotatable bonds is 5. The molecule has 2 nitrogen and oxygen atoms in total. The molecule has 1 fully saturated rings. The predicted molar refractivity (Wildman–Crippen MR) is 55.4 cm³/mol. The minimum absolute atomic E-state index is 0.0333. The van der Waals surface area contributed by atoms with Crippen LogP contribution in [0.5, 0.6) is 5.75 Å². The highest BCUT2D eigenvalue weighted by atomic mass is 19.3. The first-order valence-corrected chi connectivity index (χ1v) is 5.38. The first-order chi connectivity index (χ1) is 8.41. The van der Waals surface area contributed by atoms with E-state index in [1.165, 1.54) is 12.1 Å². The fraction of sp³-hybridized carbons (Fsp3) is 0.417. The monoisotopic (exact) mass is 262 g/mol. The van der Waals surface area contributed by atoms with Gasteiger partial charge in [0.05, 0.1) is 6.10 Å². The third-order valence-corrected chi connectivity index (χ3v) is 2.50. The fourth-order valence-corrected chi connectivity index (χ4v) is 1.38. The van der Waals surface area contributed by atoms with Crippen LogP contribution in [0.2, 0.25) is 0 Å². The van der Waals surface area contributed by atoms with Crippen molar-refractivity contribution in [2.75, 3.05) is 0 Å². The zero-order valence-corrected chi connectivity index (χ0v) is 9.21. The van der Waals surface area contributed by atoms with E-state index in [2.05, 4.69) is 0 Å². The minimum atomic E-state index is -4.67. The summed E-state index contributed by atoms with van der Waals surface area (Å²) in [4.78, 5) is 11.3. The van der Waals surface area contributed by atoms with Gasteiger partial charge in [-0.05, 0) is 25.0 Å². The van der Waals surface area contributed by atoms with Crippen molar-refractivity contribution in [3.63, 3.8) is 0 Å². The number of alkyl halides is 4. The van der Waals surface area contributed by atoms with Gasteiger partial charge in [-0.25, -0.2) is 8.78 Å². The maximum atomic E-state index is 12.9. The van der Waals surface area contributed by atoms with Crippen LogP contribution in [0.25, 0.3) is 0 Å². The maximum absolute atomic E-state index is 12.9. The largest absolute Gasteiger partial charge is 0.490 e. The number of hydrogen-bond acceptors (Lipinski definition) is 2. The Bertz CT molecular complexity index is 455. The lowest BCUT2D eigenvalue weighted by Crippen LogP contribution is -2.36. The fourth-order valence-electron chi connectivity index (χ4n) is 1.38. The zero-order valence-electron chi connectivity index (χ0n) is 9.21. The predicted octanol–water partition coefficient (Wildman–Crippen LogP) is 3.31. The molecule has 0 spiro atoms. The molecule has 1 saturated carbocycles. The van der Waals surface area contributed by atoms with Crippen molar-refractivity contribution in [2.24, 2.45) is 0 Å². The lowest BCUT2D eigenvalue weighted by molar-refractivity contribution is -0.0958. The number of Topliss-reactive ketones (excluding diaryl/α,β-unsaturated/α-hetero) is 1. The van der Waals surface area contributed by atoms with Crippen LogP contribution in [0, 0.1) is 0 Å². The summed E-state index contributed by atoms with van der Waals surface area (Å²) in [5.41, 5.74) is -0.474. The van der Waals surface area contributed by atoms with Crippen LogP contribution < -0.4 is 4.74 Å². The van der Waals surface area contributed by atoms with E-state index >= 15 is 0 Å². The van der Waals surface area contributed by atoms with Gasteiger partial charge >= 0.3 is 12.3 Å². The molecule has 6 heteroatoms. The quantitative estimate of drug-likeness (QED) is 0.601. The standard InChI is InChI=1S/C12H10F4O2/c13-11(14)12(15,16)10(17)7-2-1-3-9(6-7)18-8-4-5-8/h1-3,6,8,11H,4-5H2. The lowest BCUT2D eigenvalue weighted by atomic mass is 10.1. The number of hydrogen-bond donors (Lipinski definition) is 0. The third kappa shape index (κ3) is 2.63. The Labute approximate surface area is 101 Å². The van der Waals surface area contributed by atoms with Crippen LogP contribution in [-0.2, 0) is 0 Å². The number of benzene rings is 1. The molecule has 1 aromatic rings. The molecular weight excluding hydrogens is 252 g/mol. The summed E-state index contributed by atoms with van der Waals surface area (Å²) >= 11 is 0. The van der Waals surface area contributed by atoms with E-state index in [9.17, 15) is 22.4 Å². The molecular formula is C12H10F4O2. The molecule has 0 atom stereocenters. The molecule has 0 bridgehead atoms. The summed E-state index contributed by atoms with van der Waals surface area (Å²) in [7, 11) is 0. The highest BCUT2D eigenvalue weighted by Crippen LogP contribution is 2.30. The topological polar surface area (TPSA) is 26.3 Å². The second-order valence-corrected chi connectivity index (χ2v) is 4.10.